The highest BCUT2D eigenvalue weighted by Crippen LogP contribution is 2.77. The lowest BCUT2D eigenvalue weighted by Gasteiger charge is -2.31. The Labute approximate surface area is 133 Å². The van der Waals surface area contributed by atoms with Crippen molar-refractivity contribution < 1.29 is 40.8 Å². The zero-order chi connectivity index (χ0) is 17.9. The Balaban J connectivity index is 3.76. The standard InChI is InChI=1S/C11H17FO8P2S/c1-3-19-22(16,20-4-2)11(12,21(13,14)15)23(17,18)10-8-6-5-7-9-10/h5-9H,3-4H2,1-2H3,(H2,13,14,15). The van der Waals surface area contributed by atoms with Gasteiger partial charge in [0.15, 0.2) is 0 Å². The monoisotopic (exact) mass is 390 g/mol. The smallest absolute Gasteiger partial charge is 0.321 e. The molecule has 1 unspecified atom stereocenters. The fourth-order valence-electron chi connectivity index (χ4n) is 1.75. The largest absolute Gasteiger partial charge is 0.410 e. The van der Waals surface area contributed by atoms with Gasteiger partial charge in [-0.05, 0) is 26.0 Å². The number of sulfone groups is 1. The summed E-state index contributed by atoms with van der Waals surface area (Å²) < 4.78 is 69.2. The molecule has 0 fully saturated rings. The van der Waals surface area contributed by atoms with Crippen LogP contribution in [0.15, 0.2) is 35.2 Å². The van der Waals surface area contributed by atoms with E-state index in [0.29, 0.717) is 0 Å². The normalized spacial score (nSPS) is 16.0. The van der Waals surface area contributed by atoms with Gasteiger partial charge in [-0.15, -0.1) is 0 Å². The van der Waals surface area contributed by atoms with Crippen LogP contribution in [0.5, 0.6) is 0 Å². The predicted octanol–water partition coefficient (Wildman–Crippen LogP) is 2.48. The zero-order valence-corrected chi connectivity index (χ0v) is 14.9. The highest BCUT2D eigenvalue weighted by Gasteiger charge is 2.74. The first kappa shape index (κ1) is 20.4. The number of rotatable bonds is 8. The fraction of sp³-hybridized carbons (Fsp3) is 0.455. The van der Waals surface area contributed by atoms with Gasteiger partial charge in [0.1, 0.15) is 0 Å². The predicted molar refractivity (Wildman–Crippen MR) is 80.4 cm³/mol. The number of benzene rings is 1. The van der Waals surface area contributed by atoms with E-state index in [0.717, 1.165) is 12.1 Å². The Bertz CT molecular complexity index is 722. The molecule has 0 radical (unpaired) electrons. The number of halogens is 1. The number of alkyl halides is 1. The summed E-state index contributed by atoms with van der Waals surface area (Å²) in [5, 5.41) is 0. The molecule has 0 aromatic heterocycles. The van der Waals surface area contributed by atoms with Crippen molar-refractivity contribution in [3.05, 3.63) is 30.3 Å². The molecule has 0 aliphatic heterocycles. The van der Waals surface area contributed by atoms with Crippen LogP contribution in [0.1, 0.15) is 13.8 Å². The third kappa shape index (κ3) is 3.44. The van der Waals surface area contributed by atoms with E-state index in [2.05, 4.69) is 9.05 Å². The lowest BCUT2D eigenvalue weighted by Crippen LogP contribution is -2.35. The first-order chi connectivity index (χ1) is 10.5. The first-order valence-corrected chi connectivity index (χ1v) is 11.0. The van der Waals surface area contributed by atoms with Crippen LogP contribution < -0.4 is 0 Å². The molecule has 0 saturated carbocycles. The average Bonchev–Trinajstić information content (AvgIpc) is 2.46. The summed E-state index contributed by atoms with van der Waals surface area (Å²) in [7, 11) is -16.9. The topological polar surface area (TPSA) is 127 Å². The minimum absolute atomic E-state index is 0.479. The minimum atomic E-state index is -6.12. The zero-order valence-electron chi connectivity index (χ0n) is 12.3. The third-order valence-electron chi connectivity index (χ3n) is 2.69. The molecule has 0 heterocycles. The van der Waals surface area contributed by atoms with E-state index in [1.165, 1.54) is 32.0 Å². The van der Waals surface area contributed by atoms with Gasteiger partial charge in [-0.3, -0.25) is 9.13 Å². The van der Waals surface area contributed by atoms with Crippen molar-refractivity contribution in [1.29, 1.82) is 0 Å². The maximum Gasteiger partial charge on any atom is 0.410 e. The van der Waals surface area contributed by atoms with E-state index in [1.54, 1.807) is 0 Å². The average molecular weight is 390 g/mol. The highest BCUT2D eigenvalue weighted by atomic mass is 32.2. The van der Waals surface area contributed by atoms with Crippen LogP contribution in [0.2, 0.25) is 0 Å². The third-order valence-corrected chi connectivity index (χ3v) is 11.2. The molecule has 0 aliphatic rings. The van der Waals surface area contributed by atoms with Gasteiger partial charge >= 0.3 is 19.7 Å². The van der Waals surface area contributed by atoms with Crippen LogP contribution in [0.3, 0.4) is 0 Å². The first-order valence-electron chi connectivity index (χ1n) is 6.41. The molecular formula is C11H17FO8P2S. The van der Waals surface area contributed by atoms with Gasteiger partial charge in [0.25, 0.3) is 0 Å². The number of hydrogen-bond acceptors (Lipinski definition) is 6. The van der Waals surface area contributed by atoms with Crippen LogP contribution in [-0.4, -0.2) is 35.9 Å². The molecule has 1 aromatic rings. The molecule has 132 valence electrons. The second-order valence-corrected chi connectivity index (χ2v) is 11.1. The Kier molecular flexibility index (Phi) is 6.32. The van der Waals surface area contributed by atoms with Gasteiger partial charge in [-0.25, -0.2) is 8.42 Å². The van der Waals surface area contributed by atoms with Crippen molar-refractivity contribution in [3.63, 3.8) is 0 Å². The van der Waals surface area contributed by atoms with E-state index >= 15 is 4.39 Å². The maximum absolute atomic E-state index is 15.3. The highest BCUT2D eigenvalue weighted by molar-refractivity contribution is 8.07. The molecule has 0 saturated heterocycles. The molecular weight excluding hydrogens is 373 g/mol. The SMILES string of the molecule is CCOP(=O)(OCC)C(F)(P(=O)(O)O)S(=O)(=O)c1ccccc1. The lowest BCUT2D eigenvalue weighted by atomic mass is 10.4. The molecule has 1 aromatic carbocycles. The molecule has 2 N–H and O–H groups in total. The number of hydrogen-bond donors (Lipinski definition) is 2. The molecule has 0 spiro atoms. The van der Waals surface area contributed by atoms with Gasteiger partial charge in [-0.1, -0.05) is 18.2 Å². The van der Waals surface area contributed by atoms with Crippen molar-refractivity contribution >= 4 is 25.0 Å². The second kappa shape index (κ2) is 7.11. The summed E-state index contributed by atoms with van der Waals surface area (Å²) in [5.41, 5.74) is 0. The van der Waals surface area contributed by atoms with Crippen molar-refractivity contribution in [2.45, 2.75) is 23.2 Å². The van der Waals surface area contributed by atoms with Crippen LogP contribution in [-0.2, 0) is 28.0 Å². The van der Waals surface area contributed by atoms with E-state index < -0.39 is 47.6 Å². The Hall–Kier alpha value is -0.600. The van der Waals surface area contributed by atoms with E-state index in [4.69, 9.17) is 0 Å². The van der Waals surface area contributed by atoms with E-state index in [-0.39, 0.29) is 0 Å². The van der Waals surface area contributed by atoms with Crippen LogP contribution in [0.4, 0.5) is 4.39 Å². The molecule has 1 rings (SSSR count). The molecule has 0 aliphatic carbocycles. The summed E-state index contributed by atoms with van der Waals surface area (Å²) >= 11 is 0. The second-order valence-electron chi connectivity index (χ2n) is 4.22. The van der Waals surface area contributed by atoms with Crippen molar-refractivity contribution in [2.24, 2.45) is 0 Å². The lowest BCUT2D eigenvalue weighted by molar-refractivity contribution is 0.186. The van der Waals surface area contributed by atoms with Crippen molar-refractivity contribution in [2.75, 3.05) is 13.2 Å². The molecule has 23 heavy (non-hydrogen) atoms. The van der Waals surface area contributed by atoms with Crippen molar-refractivity contribution in [3.8, 4) is 0 Å². The molecule has 0 bridgehead atoms. The summed E-state index contributed by atoms with van der Waals surface area (Å²) in [5.74, 6) is 0. The van der Waals surface area contributed by atoms with Gasteiger partial charge in [0.2, 0.25) is 9.84 Å². The van der Waals surface area contributed by atoms with Crippen molar-refractivity contribution in [1.82, 2.24) is 0 Å². The van der Waals surface area contributed by atoms with Crippen LogP contribution >= 0.6 is 15.2 Å². The van der Waals surface area contributed by atoms with E-state index in [9.17, 15) is 27.3 Å². The van der Waals surface area contributed by atoms with E-state index in [1.807, 2.05) is 0 Å². The summed E-state index contributed by atoms with van der Waals surface area (Å²) in [4.78, 5) is 17.9. The molecule has 1 atom stereocenters. The fourth-order valence-corrected chi connectivity index (χ4v) is 8.64. The maximum atomic E-state index is 15.3. The summed E-state index contributed by atoms with van der Waals surface area (Å²) in [6.07, 6.45) is 0. The minimum Gasteiger partial charge on any atom is -0.321 e. The molecule has 12 heteroatoms. The molecule has 0 amide bonds. The van der Waals surface area contributed by atoms with Gasteiger partial charge < -0.3 is 18.8 Å². The Morgan fingerprint density at radius 2 is 1.52 bits per heavy atom. The summed E-state index contributed by atoms with van der Waals surface area (Å²) in [6, 6.07) is 5.70. The van der Waals surface area contributed by atoms with Gasteiger partial charge in [-0.2, -0.15) is 4.39 Å². The van der Waals surface area contributed by atoms with Gasteiger partial charge in [0.05, 0.1) is 18.1 Å². The Morgan fingerprint density at radius 1 is 1.09 bits per heavy atom. The van der Waals surface area contributed by atoms with Gasteiger partial charge in [0, 0.05) is 0 Å². The molecule has 8 nitrogen and oxygen atoms in total. The van der Waals surface area contributed by atoms with Crippen LogP contribution in [0.25, 0.3) is 0 Å². The summed E-state index contributed by atoms with van der Waals surface area (Å²) in [6.45, 7) is 1.54. The van der Waals surface area contributed by atoms with Crippen LogP contribution in [0, 0.1) is 0 Å². The Morgan fingerprint density at radius 3 is 1.87 bits per heavy atom. The quantitative estimate of drug-likeness (QED) is 0.648.